The lowest BCUT2D eigenvalue weighted by Crippen LogP contribution is -2.47. The molecule has 0 radical (unpaired) electrons. The zero-order valence-corrected chi connectivity index (χ0v) is 14.7. The molecule has 2 aromatic rings. The van der Waals surface area contributed by atoms with Gasteiger partial charge < -0.3 is 10.1 Å². The summed E-state index contributed by atoms with van der Waals surface area (Å²) in [6.45, 7) is -0.449. The number of tetrazole rings is 1. The molecule has 140 valence electrons. The van der Waals surface area contributed by atoms with Crippen LogP contribution in [0.25, 0.3) is 0 Å². The molecule has 1 N–H and O–H groups in total. The minimum Gasteiger partial charge on any atom is -0.454 e. The first kappa shape index (κ1) is 18.5. The Morgan fingerprint density at radius 1 is 1.30 bits per heavy atom. The molecule has 1 aromatic heterocycles. The maximum absolute atomic E-state index is 12.6. The van der Waals surface area contributed by atoms with Crippen LogP contribution in [-0.2, 0) is 20.7 Å². The maximum atomic E-state index is 12.6. The van der Waals surface area contributed by atoms with Gasteiger partial charge in [0.2, 0.25) is 0 Å². The van der Waals surface area contributed by atoms with E-state index in [0.717, 1.165) is 18.4 Å². The van der Waals surface area contributed by atoms with Crippen molar-refractivity contribution < 1.29 is 14.3 Å². The van der Waals surface area contributed by atoms with E-state index in [4.69, 9.17) is 4.74 Å². The number of benzene rings is 1. The van der Waals surface area contributed by atoms with E-state index in [1.807, 2.05) is 30.3 Å². The summed E-state index contributed by atoms with van der Waals surface area (Å²) < 4.78 is 6.49. The highest BCUT2D eigenvalue weighted by molar-refractivity contribution is 5.82. The first-order valence-electron chi connectivity index (χ1n) is 8.77. The molecule has 0 unspecified atom stereocenters. The second kappa shape index (κ2) is 8.40. The number of hydrogen-bond donors (Lipinski definition) is 1. The topological polar surface area (TPSA) is 123 Å². The summed E-state index contributed by atoms with van der Waals surface area (Å²) in [5.74, 6) is -1.10. The van der Waals surface area contributed by atoms with Crippen LogP contribution in [0.3, 0.4) is 0 Å². The number of carbonyl (C=O) groups is 2. The smallest absolute Gasteiger partial charge is 0.331 e. The lowest BCUT2D eigenvalue weighted by Gasteiger charge is -2.22. The molecule has 1 aliphatic carbocycles. The number of nitriles is 1. The van der Waals surface area contributed by atoms with Crippen LogP contribution in [0.1, 0.15) is 37.3 Å². The normalized spacial score (nSPS) is 16.3. The van der Waals surface area contributed by atoms with Gasteiger partial charge in [-0.25, -0.2) is 9.48 Å². The molecule has 27 heavy (non-hydrogen) atoms. The van der Waals surface area contributed by atoms with Gasteiger partial charge in [-0.05, 0) is 41.7 Å². The van der Waals surface area contributed by atoms with Crippen molar-refractivity contribution in [3.8, 4) is 6.07 Å². The molecule has 1 saturated carbocycles. The molecule has 1 aromatic carbocycles. The summed E-state index contributed by atoms with van der Waals surface area (Å²) in [7, 11) is 0. The number of rotatable bonds is 7. The highest BCUT2D eigenvalue weighted by Crippen LogP contribution is 2.28. The summed E-state index contributed by atoms with van der Waals surface area (Å²) in [5.41, 5.74) is 0.0664. The van der Waals surface area contributed by atoms with E-state index in [0.29, 0.717) is 19.3 Å². The van der Waals surface area contributed by atoms with Crippen molar-refractivity contribution >= 4 is 11.9 Å². The summed E-state index contributed by atoms with van der Waals surface area (Å²) in [6, 6.07) is 10.8. The maximum Gasteiger partial charge on any atom is 0.331 e. The molecule has 1 amide bonds. The van der Waals surface area contributed by atoms with Crippen molar-refractivity contribution in [3.63, 3.8) is 0 Å². The van der Waals surface area contributed by atoms with Crippen molar-refractivity contribution in [2.24, 2.45) is 0 Å². The van der Waals surface area contributed by atoms with Crippen LogP contribution in [0.4, 0.5) is 0 Å². The molecule has 0 saturated heterocycles. The lowest BCUT2D eigenvalue weighted by atomic mass is 10.00. The number of esters is 1. The van der Waals surface area contributed by atoms with Crippen molar-refractivity contribution in [1.29, 1.82) is 5.26 Å². The van der Waals surface area contributed by atoms with Crippen LogP contribution in [0.15, 0.2) is 36.7 Å². The monoisotopic (exact) mass is 368 g/mol. The van der Waals surface area contributed by atoms with E-state index in [2.05, 4.69) is 26.9 Å². The third-order valence-electron chi connectivity index (χ3n) is 4.62. The third-order valence-corrected chi connectivity index (χ3v) is 4.62. The fourth-order valence-corrected chi connectivity index (χ4v) is 3.21. The van der Waals surface area contributed by atoms with Gasteiger partial charge in [0.25, 0.3) is 5.91 Å². The van der Waals surface area contributed by atoms with Gasteiger partial charge in [0, 0.05) is 6.42 Å². The molecular weight excluding hydrogens is 348 g/mol. The minimum atomic E-state index is -0.844. The Balaban J connectivity index is 1.61. The van der Waals surface area contributed by atoms with Gasteiger partial charge in [-0.15, -0.1) is 5.10 Å². The van der Waals surface area contributed by atoms with Crippen molar-refractivity contribution in [3.05, 3.63) is 42.2 Å². The Morgan fingerprint density at radius 3 is 2.67 bits per heavy atom. The standard InChI is InChI=1S/C18H20N6O3/c19-12-18(8-4-5-9-18)21-16(25)11-27-17(26)15(24-13-20-22-23-24)10-14-6-2-1-3-7-14/h1-3,6-7,13,15H,4-5,8-11H2,(H,21,25)/t15-/m0/s1. The van der Waals surface area contributed by atoms with Gasteiger partial charge in [0.05, 0.1) is 6.07 Å². The highest BCUT2D eigenvalue weighted by atomic mass is 16.5. The van der Waals surface area contributed by atoms with Crippen molar-refractivity contribution in [2.45, 2.75) is 43.7 Å². The molecule has 9 nitrogen and oxygen atoms in total. The SMILES string of the molecule is N#CC1(NC(=O)COC(=O)[C@H](Cc2ccccc2)n2cnnn2)CCCC1. The largest absolute Gasteiger partial charge is 0.454 e. The molecule has 9 heteroatoms. The van der Waals surface area contributed by atoms with Crippen LogP contribution >= 0.6 is 0 Å². The Bertz CT molecular complexity index is 809. The summed E-state index contributed by atoms with van der Waals surface area (Å²) >= 11 is 0. The second-order valence-electron chi connectivity index (χ2n) is 6.55. The zero-order chi connectivity index (χ0) is 19.1. The quantitative estimate of drug-likeness (QED) is 0.722. The van der Waals surface area contributed by atoms with E-state index in [1.165, 1.54) is 11.0 Å². The lowest BCUT2D eigenvalue weighted by molar-refractivity contribution is -0.152. The Morgan fingerprint density at radius 2 is 2.04 bits per heavy atom. The summed E-state index contributed by atoms with van der Waals surface area (Å²) in [5, 5.41) is 22.9. The first-order valence-corrected chi connectivity index (χ1v) is 8.77. The Hall–Kier alpha value is -3.28. The van der Waals surface area contributed by atoms with E-state index in [-0.39, 0.29) is 0 Å². The first-order chi connectivity index (χ1) is 13.1. The van der Waals surface area contributed by atoms with Gasteiger partial charge in [-0.2, -0.15) is 5.26 Å². The van der Waals surface area contributed by atoms with Gasteiger partial charge >= 0.3 is 5.97 Å². The average Bonchev–Trinajstić information content (AvgIpc) is 3.38. The molecule has 1 atom stereocenters. The highest BCUT2D eigenvalue weighted by Gasteiger charge is 2.35. The van der Waals surface area contributed by atoms with E-state index in [9.17, 15) is 14.9 Å². The van der Waals surface area contributed by atoms with E-state index >= 15 is 0 Å². The zero-order valence-electron chi connectivity index (χ0n) is 14.7. The van der Waals surface area contributed by atoms with Crippen LogP contribution in [0.2, 0.25) is 0 Å². The number of hydrogen-bond acceptors (Lipinski definition) is 7. The number of ether oxygens (including phenoxy) is 1. The van der Waals surface area contributed by atoms with E-state index in [1.54, 1.807) is 0 Å². The van der Waals surface area contributed by atoms with Crippen LogP contribution in [0.5, 0.6) is 0 Å². The van der Waals surface area contributed by atoms with Crippen LogP contribution in [-0.4, -0.2) is 44.2 Å². The molecule has 0 spiro atoms. The number of carbonyl (C=O) groups excluding carboxylic acids is 2. The Labute approximate surface area is 156 Å². The van der Waals surface area contributed by atoms with Gasteiger partial charge in [0.1, 0.15) is 11.9 Å². The molecule has 1 heterocycles. The van der Waals surface area contributed by atoms with Crippen molar-refractivity contribution in [2.75, 3.05) is 6.61 Å². The van der Waals surface area contributed by atoms with E-state index < -0.39 is 30.1 Å². The molecule has 3 rings (SSSR count). The molecule has 1 aliphatic rings. The predicted octanol–water partition coefficient (Wildman–Crippen LogP) is 0.953. The predicted molar refractivity (Wildman–Crippen MR) is 92.9 cm³/mol. The number of amides is 1. The fourth-order valence-electron chi connectivity index (χ4n) is 3.21. The van der Waals surface area contributed by atoms with Gasteiger partial charge in [-0.1, -0.05) is 30.3 Å². The number of nitrogens with zero attached hydrogens (tertiary/aromatic N) is 5. The van der Waals surface area contributed by atoms with Gasteiger partial charge in [0.15, 0.2) is 12.6 Å². The molecule has 0 bridgehead atoms. The second-order valence-corrected chi connectivity index (χ2v) is 6.55. The number of nitrogens with one attached hydrogen (secondary N) is 1. The molecule has 1 fully saturated rings. The van der Waals surface area contributed by atoms with Crippen molar-refractivity contribution in [1.82, 2.24) is 25.5 Å². The van der Waals surface area contributed by atoms with Crippen LogP contribution < -0.4 is 5.32 Å². The molecular formula is C18H20N6O3. The molecule has 0 aliphatic heterocycles. The summed E-state index contributed by atoms with van der Waals surface area (Å²) in [4.78, 5) is 24.7. The summed E-state index contributed by atoms with van der Waals surface area (Å²) in [6.07, 6.45) is 4.68. The third kappa shape index (κ3) is 4.67. The van der Waals surface area contributed by atoms with Gasteiger partial charge in [-0.3, -0.25) is 4.79 Å². The fraction of sp³-hybridized carbons (Fsp3) is 0.444. The minimum absolute atomic E-state index is 0.328. The Kier molecular flexibility index (Phi) is 5.76. The number of aromatic nitrogens is 4. The average molecular weight is 368 g/mol. The van der Waals surface area contributed by atoms with Crippen LogP contribution in [0, 0.1) is 11.3 Å².